The molecular weight excluding hydrogens is 315 g/mol. The Balaban J connectivity index is 2.48. The summed E-state index contributed by atoms with van der Waals surface area (Å²) in [7, 11) is 0. The first-order valence-corrected chi connectivity index (χ1v) is 6.43. The van der Waals surface area contributed by atoms with Crippen molar-refractivity contribution in [2.75, 3.05) is 0 Å². The van der Waals surface area contributed by atoms with Gasteiger partial charge in [-0.2, -0.15) is 0 Å². The minimum absolute atomic E-state index is 0.175. The van der Waals surface area contributed by atoms with Crippen LogP contribution in [0.4, 0.5) is 0 Å². The van der Waals surface area contributed by atoms with Gasteiger partial charge in [-0.3, -0.25) is 4.79 Å². The third kappa shape index (κ3) is 2.36. The number of carboxylic acid groups (broad SMARTS) is 1. The maximum absolute atomic E-state index is 11.2. The molecule has 0 saturated heterocycles. The largest absolute Gasteiger partial charge is 0.481 e. The van der Waals surface area contributed by atoms with Crippen LogP contribution in [0.5, 0.6) is 0 Å². The van der Waals surface area contributed by atoms with Crippen molar-refractivity contribution in [3.63, 3.8) is 0 Å². The van der Waals surface area contributed by atoms with Gasteiger partial charge < -0.3 is 5.11 Å². The summed E-state index contributed by atoms with van der Waals surface area (Å²) in [4.78, 5) is 11.2. The molecule has 0 radical (unpaired) electrons. The molecule has 0 bridgehead atoms. The first kappa shape index (κ1) is 12.2. The Morgan fingerprint density at radius 1 is 1.38 bits per heavy atom. The van der Waals surface area contributed by atoms with Crippen LogP contribution in [0, 0.1) is 5.92 Å². The van der Waals surface area contributed by atoms with Crippen molar-refractivity contribution in [3.8, 4) is 0 Å². The van der Waals surface area contributed by atoms with E-state index in [4.69, 9.17) is 23.2 Å². The zero-order chi connectivity index (χ0) is 11.9. The highest BCUT2D eigenvalue weighted by atomic mass is 79.9. The molecular formula is C11H9BrCl2O2. The lowest BCUT2D eigenvalue weighted by Crippen LogP contribution is -2.14. The molecule has 86 valence electrons. The van der Waals surface area contributed by atoms with Gasteiger partial charge in [-0.25, -0.2) is 0 Å². The normalized spacial score (nSPS) is 17.2. The summed E-state index contributed by atoms with van der Waals surface area (Å²) in [5.74, 6) is -1.25. The third-order valence-corrected chi connectivity index (χ3v) is 3.80. The second kappa shape index (κ2) is 4.55. The molecule has 0 amide bonds. The van der Waals surface area contributed by atoms with E-state index < -0.39 is 11.9 Å². The first-order chi connectivity index (χ1) is 7.50. The molecule has 2 rings (SSSR count). The molecule has 1 aromatic carbocycles. The minimum atomic E-state index is -0.853. The smallest absolute Gasteiger partial charge is 0.311 e. The van der Waals surface area contributed by atoms with Crippen LogP contribution in [-0.2, 0) is 4.79 Å². The topological polar surface area (TPSA) is 37.3 Å². The van der Waals surface area contributed by atoms with E-state index in [9.17, 15) is 9.90 Å². The second-order valence-electron chi connectivity index (χ2n) is 3.94. The molecule has 0 aromatic heterocycles. The number of benzene rings is 1. The average molecular weight is 324 g/mol. The van der Waals surface area contributed by atoms with E-state index in [0.717, 1.165) is 17.3 Å². The van der Waals surface area contributed by atoms with E-state index in [1.54, 1.807) is 12.1 Å². The van der Waals surface area contributed by atoms with Gasteiger partial charge in [-0.1, -0.05) is 39.1 Å². The van der Waals surface area contributed by atoms with E-state index in [1.165, 1.54) is 0 Å². The molecule has 1 saturated carbocycles. The average Bonchev–Trinajstić information content (AvgIpc) is 2.93. The van der Waals surface area contributed by atoms with E-state index in [1.807, 2.05) is 0 Å². The van der Waals surface area contributed by atoms with Gasteiger partial charge in [0.15, 0.2) is 0 Å². The molecule has 0 heterocycles. The molecule has 2 nitrogen and oxygen atoms in total. The fraction of sp³-hybridized carbons (Fsp3) is 0.364. The highest BCUT2D eigenvalue weighted by molar-refractivity contribution is 9.10. The first-order valence-electron chi connectivity index (χ1n) is 4.88. The molecule has 1 atom stereocenters. The molecule has 1 aromatic rings. The molecule has 1 fully saturated rings. The molecule has 1 aliphatic rings. The number of hydrogen-bond donors (Lipinski definition) is 1. The predicted octanol–water partition coefficient (Wildman–Crippen LogP) is 4.33. The summed E-state index contributed by atoms with van der Waals surface area (Å²) >= 11 is 15.4. The fourth-order valence-electron chi connectivity index (χ4n) is 1.84. The van der Waals surface area contributed by atoms with E-state index in [2.05, 4.69) is 15.9 Å². The highest BCUT2D eigenvalue weighted by Crippen LogP contribution is 2.47. The summed E-state index contributed by atoms with van der Waals surface area (Å²) < 4.78 is 0.756. The number of halogens is 3. The summed E-state index contributed by atoms with van der Waals surface area (Å²) in [5, 5.41) is 10.1. The monoisotopic (exact) mass is 322 g/mol. The van der Waals surface area contributed by atoms with Crippen molar-refractivity contribution in [2.45, 2.75) is 18.8 Å². The van der Waals surface area contributed by atoms with E-state index in [-0.39, 0.29) is 5.92 Å². The van der Waals surface area contributed by atoms with Crippen molar-refractivity contribution in [2.24, 2.45) is 5.92 Å². The Bertz CT molecular complexity index is 421. The Labute approximate surface area is 112 Å². The fourth-order valence-corrected chi connectivity index (χ4v) is 3.28. The summed E-state index contributed by atoms with van der Waals surface area (Å²) in [6.07, 6.45) is 1.86. The quantitative estimate of drug-likeness (QED) is 0.898. The van der Waals surface area contributed by atoms with Crippen LogP contribution < -0.4 is 0 Å². The van der Waals surface area contributed by atoms with Gasteiger partial charge in [-0.15, -0.1) is 0 Å². The van der Waals surface area contributed by atoms with Gasteiger partial charge in [0.1, 0.15) is 0 Å². The number of carbonyl (C=O) groups is 1. The Hall–Kier alpha value is -0.250. The molecule has 0 spiro atoms. The number of carboxylic acids is 1. The summed E-state index contributed by atoms with van der Waals surface area (Å²) in [6, 6.07) is 3.36. The maximum atomic E-state index is 11.2. The lowest BCUT2D eigenvalue weighted by atomic mass is 9.94. The third-order valence-electron chi connectivity index (χ3n) is 2.71. The van der Waals surface area contributed by atoms with Crippen LogP contribution in [0.1, 0.15) is 24.3 Å². The number of hydrogen-bond acceptors (Lipinski definition) is 1. The van der Waals surface area contributed by atoms with Gasteiger partial charge in [0, 0.05) is 20.1 Å². The van der Waals surface area contributed by atoms with Crippen molar-refractivity contribution in [1.82, 2.24) is 0 Å². The standard InChI is InChI=1S/C11H9BrCl2O2/c12-6-3-7(13)10(8(14)4-6)9(11(15)16)5-1-2-5/h3-5,9H,1-2H2,(H,15,16). The zero-order valence-corrected chi connectivity index (χ0v) is 11.3. The Kier molecular flexibility index (Phi) is 3.48. The Morgan fingerprint density at radius 3 is 2.25 bits per heavy atom. The van der Waals surface area contributed by atoms with Gasteiger partial charge in [0.05, 0.1) is 5.92 Å². The highest BCUT2D eigenvalue weighted by Gasteiger charge is 2.39. The molecule has 1 unspecified atom stereocenters. The molecule has 5 heteroatoms. The summed E-state index contributed by atoms with van der Waals surface area (Å²) in [6.45, 7) is 0. The lowest BCUT2D eigenvalue weighted by molar-refractivity contribution is -0.139. The van der Waals surface area contributed by atoms with E-state index >= 15 is 0 Å². The molecule has 0 aliphatic heterocycles. The van der Waals surface area contributed by atoms with Crippen LogP contribution in [0.15, 0.2) is 16.6 Å². The zero-order valence-electron chi connectivity index (χ0n) is 8.21. The predicted molar refractivity (Wildman–Crippen MR) is 67.3 cm³/mol. The van der Waals surface area contributed by atoms with E-state index in [0.29, 0.717) is 15.6 Å². The Morgan fingerprint density at radius 2 is 1.88 bits per heavy atom. The lowest BCUT2D eigenvalue weighted by Gasteiger charge is -2.15. The summed E-state index contributed by atoms with van der Waals surface area (Å²) in [5.41, 5.74) is 0.543. The van der Waals surface area contributed by atoms with Gasteiger partial charge in [-0.05, 0) is 30.9 Å². The molecule has 1 N–H and O–H groups in total. The second-order valence-corrected chi connectivity index (χ2v) is 5.67. The van der Waals surface area contributed by atoms with Crippen LogP contribution in [0.2, 0.25) is 10.0 Å². The van der Waals surface area contributed by atoms with Gasteiger partial charge >= 0.3 is 5.97 Å². The van der Waals surface area contributed by atoms with Crippen LogP contribution >= 0.6 is 39.1 Å². The molecule has 16 heavy (non-hydrogen) atoms. The van der Waals surface area contributed by atoms with Crippen molar-refractivity contribution in [1.29, 1.82) is 0 Å². The SMILES string of the molecule is O=C(O)C(c1c(Cl)cc(Br)cc1Cl)C1CC1. The van der Waals surface area contributed by atoms with Gasteiger partial charge in [0.25, 0.3) is 0 Å². The van der Waals surface area contributed by atoms with Crippen molar-refractivity contribution in [3.05, 3.63) is 32.2 Å². The molecule has 1 aliphatic carbocycles. The minimum Gasteiger partial charge on any atom is -0.481 e. The van der Waals surface area contributed by atoms with Crippen molar-refractivity contribution < 1.29 is 9.90 Å². The van der Waals surface area contributed by atoms with Gasteiger partial charge in [0.2, 0.25) is 0 Å². The number of rotatable bonds is 3. The van der Waals surface area contributed by atoms with Crippen LogP contribution in [0.25, 0.3) is 0 Å². The number of aliphatic carboxylic acids is 1. The van der Waals surface area contributed by atoms with Crippen molar-refractivity contribution >= 4 is 45.1 Å². The van der Waals surface area contributed by atoms with Crippen LogP contribution in [-0.4, -0.2) is 11.1 Å². The van der Waals surface area contributed by atoms with Crippen LogP contribution in [0.3, 0.4) is 0 Å². The maximum Gasteiger partial charge on any atom is 0.311 e.